The van der Waals surface area contributed by atoms with E-state index in [1.807, 2.05) is 13.8 Å². The Kier molecular flexibility index (Phi) is 5.08. The molecule has 0 atom stereocenters. The van der Waals surface area contributed by atoms with Crippen LogP contribution in [0.4, 0.5) is 4.39 Å². The van der Waals surface area contributed by atoms with E-state index in [1.54, 1.807) is 18.2 Å². The second kappa shape index (κ2) is 6.73. The van der Waals surface area contributed by atoms with Crippen molar-refractivity contribution >= 4 is 15.7 Å². The summed E-state index contributed by atoms with van der Waals surface area (Å²) >= 11 is 0. The summed E-state index contributed by atoms with van der Waals surface area (Å²) in [5.41, 5.74) is 0.303. The fraction of sp³-hybridized carbons (Fsp3) is 0.278. The Hall–Kier alpha value is -2.21. The fourth-order valence-electron chi connectivity index (χ4n) is 2.36. The van der Waals surface area contributed by atoms with Gasteiger partial charge in [0.25, 0.3) is 5.91 Å². The zero-order chi connectivity index (χ0) is 18.0. The van der Waals surface area contributed by atoms with Crippen LogP contribution in [0.25, 0.3) is 0 Å². The van der Waals surface area contributed by atoms with Crippen molar-refractivity contribution in [3.63, 3.8) is 0 Å². The smallest absolute Gasteiger partial charge is 0.251 e. The van der Waals surface area contributed by atoms with Crippen molar-refractivity contribution in [1.82, 2.24) is 5.32 Å². The molecule has 128 valence electrons. The second-order valence-electron chi connectivity index (χ2n) is 6.34. The minimum atomic E-state index is -3.29. The first-order valence-electron chi connectivity index (χ1n) is 7.44. The molecule has 24 heavy (non-hydrogen) atoms. The molecule has 4 nitrogen and oxygen atoms in total. The molecule has 0 heterocycles. The molecule has 2 aromatic rings. The number of benzene rings is 2. The molecule has 0 spiro atoms. The maximum Gasteiger partial charge on any atom is 0.251 e. The molecule has 2 rings (SSSR count). The lowest BCUT2D eigenvalue weighted by molar-refractivity contribution is 0.0945. The third-order valence-corrected chi connectivity index (χ3v) is 4.97. The van der Waals surface area contributed by atoms with Gasteiger partial charge in [0.15, 0.2) is 9.84 Å². The summed E-state index contributed by atoms with van der Waals surface area (Å²) in [6.07, 6.45) is 1.11. The largest absolute Gasteiger partial charge is 0.351 e. The molecule has 2 aromatic carbocycles. The highest BCUT2D eigenvalue weighted by atomic mass is 32.2. The maximum atomic E-state index is 13.9. The second-order valence-corrected chi connectivity index (χ2v) is 8.36. The van der Waals surface area contributed by atoms with Crippen molar-refractivity contribution < 1.29 is 17.6 Å². The van der Waals surface area contributed by atoms with Gasteiger partial charge in [0.2, 0.25) is 0 Å². The minimum Gasteiger partial charge on any atom is -0.351 e. The Morgan fingerprint density at radius 3 is 2.21 bits per heavy atom. The highest BCUT2D eigenvalue weighted by Gasteiger charge is 2.24. The standard InChI is InChI=1S/C18H20FNO3S/c1-18(2,15-6-4-5-7-16(15)19)12-20-17(21)13-8-10-14(11-9-13)24(3,22)23/h4-11H,12H2,1-3H3,(H,20,21). The molecule has 0 aromatic heterocycles. The van der Waals surface area contributed by atoms with E-state index < -0.39 is 15.3 Å². The Labute approximate surface area is 141 Å². The SMILES string of the molecule is CC(C)(CNC(=O)c1ccc(S(C)(=O)=O)cc1)c1ccccc1F. The third-order valence-electron chi connectivity index (χ3n) is 3.84. The lowest BCUT2D eigenvalue weighted by Gasteiger charge is -2.26. The van der Waals surface area contributed by atoms with Gasteiger partial charge in [-0.05, 0) is 35.9 Å². The van der Waals surface area contributed by atoms with E-state index in [1.165, 1.54) is 30.3 Å². The van der Waals surface area contributed by atoms with Crippen LogP contribution in [-0.4, -0.2) is 27.1 Å². The van der Waals surface area contributed by atoms with Crippen LogP contribution in [0.1, 0.15) is 29.8 Å². The molecule has 0 radical (unpaired) electrons. The van der Waals surface area contributed by atoms with Crippen molar-refractivity contribution in [3.8, 4) is 0 Å². The van der Waals surface area contributed by atoms with Crippen LogP contribution in [0, 0.1) is 5.82 Å². The number of rotatable bonds is 5. The van der Waals surface area contributed by atoms with Crippen molar-refractivity contribution in [1.29, 1.82) is 0 Å². The number of halogens is 1. The van der Waals surface area contributed by atoms with E-state index in [2.05, 4.69) is 5.32 Å². The van der Waals surface area contributed by atoms with Gasteiger partial charge in [0.1, 0.15) is 5.82 Å². The van der Waals surface area contributed by atoms with E-state index in [-0.39, 0.29) is 23.2 Å². The monoisotopic (exact) mass is 349 g/mol. The molecule has 0 aliphatic heterocycles. The number of carbonyl (C=O) groups excluding carboxylic acids is 1. The Morgan fingerprint density at radius 2 is 1.67 bits per heavy atom. The summed E-state index contributed by atoms with van der Waals surface area (Å²) in [6, 6.07) is 12.2. The summed E-state index contributed by atoms with van der Waals surface area (Å²) in [5, 5.41) is 2.77. The van der Waals surface area contributed by atoms with Crippen LogP contribution in [0.3, 0.4) is 0 Å². The summed E-state index contributed by atoms with van der Waals surface area (Å²) < 4.78 is 36.8. The van der Waals surface area contributed by atoms with E-state index in [9.17, 15) is 17.6 Å². The molecular weight excluding hydrogens is 329 g/mol. The Balaban J connectivity index is 2.09. The van der Waals surface area contributed by atoms with E-state index in [4.69, 9.17) is 0 Å². The van der Waals surface area contributed by atoms with Crippen molar-refractivity contribution in [2.45, 2.75) is 24.2 Å². The third kappa shape index (κ3) is 4.20. The summed E-state index contributed by atoms with van der Waals surface area (Å²) in [4.78, 5) is 12.4. The molecule has 0 saturated carbocycles. The van der Waals surface area contributed by atoms with Gasteiger partial charge < -0.3 is 5.32 Å². The predicted octanol–water partition coefficient (Wildman–Crippen LogP) is 2.94. The van der Waals surface area contributed by atoms with Gasteiger partial charge >= 0.3 is 0 Å². The molecule has 0 aliphatic carbocycles. The quantitative estimate of drug-likeness (QED) is 0.903. The highest BCUT2D eigenvalue weighted by molar-refractivity contribution is 7.90. The van der Waals surface area contributed by atoms with Gasteiger partial charge in [-0.15, -0.1) is 0 Å². The number of hydrogen-bond acceptors (Lipinski definition) is 3. The van der Waals surface area contributed by atoms with Gasteiger partial charge in [0, 0.05) is 23.8 Å². The number of hydrogen-bond donors (Lipinski definition) is 1. The van der Waals surface area contributed by atoms with Crippen LogP contribution in [0.5, 0.6) is 0 Å². The molecule has 1 amide bonds. The van der Waals surface area contributed by atoms with Gasteiger partial charge in [-0.2, -0.15) is 0 Å². The molecule has 1 N–H and O–H groups in total. The number of amides is 1. The van der Waals surface area contributed by atoms with Gasteiger partial charge in [-0.25, -0.2) is 12.8 Å². The molecule has 6 heteroatoms. The topological polar surface area (TPSA) is 63.2 Å². The average molecular weight is 349 g/mol. The van der Waals surface area contributed by atoms with Crippen LogP contribution in [0.15, 0.2) is 53.4 Å². The molecular formula is C18H20FNO3S. The van der Waals surface area contributed by atoms with E-state index in [0.29, 0.717) is 11.1 Å². The van der Waals surface area contributed by atoms with E-state index >= 15 is 0 Å². The molecule has 0 fully saturated rings. The first kappa shape index (κ1) is 18.1. The minimum absolute atomic E-state index is 0.158. The predicted molar refractivity (Wildman–Crippen MR) is 91.3 cm³/mol. The molecule has 0 bridgehead atoms. The fourth-order valence-corrected chi connectivity index (χ4v) is 2.99. The molecule has 0 aliphatic rings. The van der Waals surface area contributed by atoms with Crippen LogP contribution in [-0.2, 0) is 15.3 Å². The lowest BCUT2D eigenvalue weighted by atomic mass is 9.84. The maximum absolute atomic E-state index is 13.9. The number of nitrogens with one attached hydrogen (secondary N) is 1. The molecule has 0 saturated heterocycles. The summed E-state index contributed by atoms with van der Waals surface area (Å²) in [6.45, 7) is 3.94. The lowest BCUT2D eigenvalue weighted by Crippen LogP contribution is -2.37. The summed E-state index contributed by atoms with van der Waals surface area (Å²) in [5.74, 6) is -0.645. The zero-order valence-electron chi connectivity index (χ0n) is 13.8. The van der Waals surface area contributed by atoms with Gasteiger partial charge in [0.05, 0.1) is 4.90 Å². The van der Waals surface area contributed by atoms with Crippen LogP contribution >= 0.6 is 0 Å². The number of carbonyl (C=O) groups is 1. The zero-order valence-corrected chi connectivity index (χ0v) is 14.7. The average Bonchev–Trinajstić information content (AvgIpc) is 2.52. The summed E-state index contributed by atoms with van der Waals surface area (Å²) in [7, 11) is -3.29. The Morgan fingerprint density at radius 1 is 1.08 bits per heavy atom. The highest BCUT2D eigenvalue weighted by Crippen LogP contribution is 2.25. The van der Waals surface area contributed by atoms with Gasteiger partial charge in [-0.1, -0.05) is 32.0 Å². The van der Waals surface area contributed by atoms with Crippen molar-refractivity contribution in [2.24, 2.45) is 0 Å². The van der Waals surface area contributed by atoms with Crippen LogP contribution < -0.4 is 5.32 Å². The normalized spacial score (nSPS) is 12.0. The first-order valence-corrected chi connectivity index (χ1v) is 9.34. The van der Waals surface area contributed by atoms with E-state index in [0.717, 1.165) is 6.26 Å². The van der Waals surface area contributed by atoms with Crippen LogP contribution in [0.2, 0.25) is 0 Å². The molecule has 0 unspecified atom stereocenters. The Bertz CT molecular complexity index is 843. The number of sulfone groups is 1. The van der Waals surface area contributed by atoms with Crippen molar-refractivity contribution in [2.75, 3.05) is 12.8 Å². The van der Waals surface area contributed by atoms with Gasteiger partial charge in [-0.3, -0.25) is 4.79 Å². The first-order chi connectivity index (χ1) is 11.1. The van der Waals surface area contributed by atoms with Crippen molar-refractivity contribution in [3.05, 3.63) is 65.5 Å².